The Morgan fingerprint density at radius 2 is 1.79 bits per heavy atom. The summed E-state index contributed by atoms with van der Waals surface area (Å²) in [5, 5.41) is 1.71. The summed E-state index contributed by atoms with van der Waals surface area (Å²) in [7, 11) is 0. The van der Waals surface area contributed by atoms with Crippen LogP contribution in [0.2, 0.25) is 5.02 Å². The number of carbonyl (C=O) groups excluding carboxylic acids is 2. The number of rotatable bonds is 3. The third kappa shape index (κ3) is 3.67. The first-order valence-electron chi connectivity index (χ1n) is 6.94. The molecule has 0 bridgehead atoms. The van der Waals surface area contributed by atoms with Crippen LogP contribution in [0.25, 0.3) is 6.08 Å². The molecular formula is C17H11ClN2O2S2. The topological polar surface area (TPSA) is 49.4 Å². The molecule has 0 atom stereocenters. The van der Waals surface area contributed by atoms with Crippen LogP contribution < -0.4 is 5.43 Å². The molecule has 1 aliphatic heterocycles. The van der Waals surface area contributed by atoms with Crippen LogP contribution >= 0.6 is 35.6 Å². The lowest BCUT2D eigenvalue weighted by atomic mass is 10.2. The maximum atomic E-state index is 12.5. The molecule has 0 aromatic heterocycles. The van der Waals surface area contributed by atoms with E-state index in [0.717, 1.165) is 22.3 Å². The van der Waals surface area contributed by atoms with Gasteiger partial charge in [0.05, 0.1) is 4.91 Å². The first kappa shape index (κ1) is 16.7. The molecule has 0 saturated carbocycles. The van der Waals surface area contributed by atoms with E-state index < -0.39 is 0 Å². The van der Waals surface area contributed by atoms with Crippen LogP contribution in [0, 0.1) is 0 Å². The zero-order chi connectivity index (χ0) is 17.1. The number of nitrogens with one attached hydrogen (secondary N) is 1. The number of nitrogens with zero attached hydrogens (tertiary/aromatic N) is 1. The second-order valence-electron chi connectivity index (χ2n) is 4.88. The highest BCUT2D eigenvalue weighted by Gasteiger charge is 2.33. The Labute approximate surface area is 153 Å². The van der Waals surface area contributed by atoms with Gasteiger partial charge in [-0.2, -0.15) is 5.01 Å². The van der Waals surface area contributed by atoms with Gasteiger partial charge in [-0.3, -0.25) is 15.0 Å². The zero-order valence-corrected chi connectivity index (χ0v) is 14.6. The number of hydrogen-bond acceptors (Lipinski definition) is 4. The summed E-state index contributed by atoms with van der Waals surface area (Å²) in [5.74, 6) is -0.746. The van der Waals surface area contributed by atoms with E-state index in [1.54, 1.807) is 54.6 Å². The van der Waals surface area contributed by atoms with Crippen molar-refractivity contribution in [2.24, 2.45) is 0 Å². The van der Waals surface area contributed by atoms with Crippen molar-refractivity contribution in [2.45, 2.75) is 0 Å². The molecule has 2 amide bonds. The molecule has 1 heterocycles. The molecule has 4 nitrogen and oxygen atoms in total. The van der Waals surface area contributed by atoms with Crippen molar-refractivity contribution in [3.05, 3.63) is 75.7 Å². The van der Waals surface area contributed by atoms with Gasteiger partial charge in [-0.15, -0.1) is 0 Å². The van der Waals surface area contributed by atoms with Crippen LogP contribution in [-0.4, -0.2) is 21.1 Å². The Hall–Kier alpha value is -2.15. The maximum absolute atomic E-state index is 12.5. The highest BCUT2D eigenvalue weighted by Crippen LogP contribution is 2.31. The molecule has 0 radical (unpaired) electrons. The third-order valence-corrected chi connectivity index (χ3v) is 4.76. The number of thioether (sulfide) groups is 1. The average Bonchev–Trinajstić information content (AvgIpc) is 2.85. The van der Waals surface area contributed by atoms with Gasteiger partial charge in [0, 0.05) is 10.6 Å². The summed E-state index contributed by atoms with van der Waals surface area (Å²) in [6, 6.07) is 15.7. The maximum Gasteiger partial charge on any atom is 0.285 e. The molecule has 1 N–H and O–H groups in total. The van der Waals surface area contributed by atoms with Crippen molar-refractivity contribution in [1.82, 2.24) is 10.4 Å². The van der Waals surface area contributed by atoms with Crippen molar-refractivity contribution in [1.29, 1.82) is 0 Å². The zero-order valence-electron chi connectivity index (χ0n) is 12.2. The van der Waals surface area contributed by atoms with Crippen molar-refractivity contribution >= 4 is 57.8 Å². The highest BCUT2D eigenvalue weighted by atomic mass is 35.5. The Morgan fingerprint density at radius 3 is 2.46 bits per heavy atom. The quantitative estimate of drug-likeness (QED) is 0.654. The second kappa shape index (κ2) is 7.17. The fraction of sp³-hybridized carbons (Fsp3) is 0. The van der Waals surface area contributed by atoms with E-state index in [1.165, 1.54) is 0 Å². The number of amides is 2. The monoisotopic (exact) mass is 374 g/mol. The first-order valence-corrected chi connectivity index (χ1v) is 8.54. The van der Waals surface area contributed by atoms with Gasteiger partial charge in [-0.05, 0) is 48.1 Å². The minimum Gasteiger partial charge on any atom is -0.267 e. The third-order valence-electron chi connectivity index (χ3n) is 3.21. The lowest BCUT2D eigenvalue weighted by Gasteiger charge is -2.15. The molecular weight excluding hydrogens is 364 g/mol. The van der Waals surface area contributed by atoms with E-state index in [9.17, 15) is 9.59 Å². The van der Waals surface area contributed by atoms with Crippen LogP contribution in [0.1, 0.15) is 15.9 Å². The molecule has 0 unspecified atom stereocenters. The van der Waals surface area contributed by atoms with Crippen LogP contribution in [-0.2, 0) is 4.79 Å². The van der Waals surface area contributed by atoms with Crippen molar-refractivity contribution in [2.75, 3.05) is 0 Å². The van der Waals surface area contributed by atoms with E-state index in [2.05, 4.69) is 5.43 Å². The molecule has 1 saturated heterocycles. The largest absolute Gasteiger partial charge is 0.285 e. The lowest BCUT2D eigenvalue weighted by molar-refractivity contribution is -0.123. The van der Waals surface area contributed by atoms with Gasteiger partial charge in [0.25, 0.3) is 11.8 Å². The standard InChI is InChI=1S/C17H11ClN2O2S2/c18-13-8-6-11(7-9-13)10-14-16(22)20(17(23)24-14)19-15(21)12-4-2-1-3-5-12/h1-10H,(H,19,21)/b14-10-. The molecule has 2 aromatic carbocycles. The number of hydrazine groups is 1. The molecule has 7 heteroatoms. The van der Waals surface area contributed by atoms with E-state index in [-0.39, 0.29) is 16.1 Å². The van der Waals surface area contributed by atoms with Gasteiger partial charge in [0.15, 0.2) is 4.32 Å². The molecule has 24 heavy (non-hydrogen) atoms. The Balaban J connectivity index is 1.77. The predicted molar refractivity (Wildman–Crippen MR) is 100 cm³/mol. The van der Waals surface area contributed by atoms with Crippen molar-refractivity contribution in [3.8, 4) is 0 Å². The predicted octanol–water partition coefficient (Wildman–Crippen LogP) is 3.89. The molecule has 1 fully saturated rings. The number of hydrogen-bond donors (Lipinski definition) is 1. The number of carbonyl (C=O) groups is 2. The summed E-state index contributed by atoms with van der Waals surface area (Å²) in [4.78, 5) is 25.1. The van der Waals surface area contributed by atoms with Gasteiger partial charge >= 0.3 is 0 Å². The summed E-state index contributed by atoms with van der Waals surface area (Å²) in [6.45, 7) is 0. The lowest BCUT2D eigenvalue weighted by Crippen LogP contribution is -2.44. The number of benzene rings is 2. The normalized spacial score (nSPS) is 15.9. The van der Waals surface area contributed by atoms with Crippen LogP contribution in [0.15, 0.2) is 59.5 Å². The smallest absolute Gasteiger partial charge is 0.267 e. The fourth-order valence-electron chi connectivity index (χ4n) is 2.03. The van der Waals surface area contributed by atoms with E-state index in [0.29, 0.717) is 15.5 Å². The Kier molecular flexibility index (Phi) is 4.99. The Bertz CT molecular complexity index is 835. The van der Waals surface area contributed by atoms with Gasteiger partial charge in [0.2, 0.25) is 0 Å². The Morgan fingerprint density at radius 1 is 1.12 bits per heavy atom. The molecule has 3 rings (SSSR count). The number of thiocarbonyl (C=S) groups is 1. The van der Waals surface area contributed by atoms with Gasteiger partial charge in [-0.1, -0.05) is 53.7 Å². The van der Waals surface area contributed by atoms with Crippen LogP contribution in [0.3, 0.4) is 0 Å². The molecule has 1 aliphatic rings. The van der Waals surface area contributed by atoms with Crippen molar-refractivity contribution < 1.29 is 9.59 Å². The summed E-state index contributed by atoms with van der Waals surface area (Å²) in [5.41, 5.74) is 3.82. The molecule has 120 valence electrons. The molecule has 0 spiro atoms. The van der Waals surface area contributed by atoms with E-state index in [4.69, 9.17) is 23.8 Å². The number of halogens is 1. The molecule has 2 aromatic rings. The molecule has 0 aliphatic carbocycles. The van der Waals surface area contributed by atoms with Crippen molar-refractivity contribution in [3.63, 3.8) is 0 Å². The minimum atomic E-state index is -0.389. The summed E-state index contributed by atoms with van der Waals surface area (Å²) >= 11 is 12.2. The van der Waals surface area contributed by atoms with Gasteiger partial charge < -0.3 is 0 Å². The fourth-order valence-corrected chi connectivity index (χ4v) is 3.34. The van der Waals surface area contributed by atoms with Gasteiger partial charge in [0.1, 0.15) is 0 Å². The van der Waals surface area contributed by atoms with Crippen LogP contribution in [0.5, 0.6) is 0 Å². The first-order chi connectivity index (χ1) is 11.5. The van der Waals surface area contributed by atoms with E-state index in [1.807, 2.05) is 6.07 Å². The average molecular weight is 375 g/mol. The summed E-state index contributed by atoms with van der Waals surface area (Å²) < 4.78 is 0.282. The van der Waals surface area contributed by atoms with E-state index >= 15 is 0 Å². The SMILES string of the molecule is O=C(NN1C(=O)/C(=C/c2ccc(Cl)cc2)SC1=S)c1ccccc1. The second-order valence-corrected chi connectivity index (χ2v) is 6.99. The highest BCUT2D eigenvalue weighted by molar-refractivity contribution is 8.26. The summed E-state index contributed by atoms with van der Waals surface area (Å²) in [6.07, 6.45) is 1.71. The van der Waals surface area contributed by atoms with Gasteiger partial charge in [-0.25, -0.2) is 0 Å². The minimum absolute atomic E-state index is 0.282. The van der Waals surface area contributed by atoms with Crippen LogP contribution in [0.4, 0.5) is 0 Å².